The smallest absolute Gasteiger partial charge is 0.275 e. The molecular formula is C19H18N2O. The van der Waals surface area contributed by atoms with E-state index >= 15 is 0 Å². The van der Waals surface area contributed by atoms with E-state index in [9.17, 15) is 4.79 Å². The van der Waals surface area contributed by atoms with E-state index in [1.807, 2.05) is 36.4 Å². The molecule has 0 unspecified atom stereocenters. The average molecular weight is 290 g/mol. The summed E-state index contributed by atoms with van der Waals surface area (Å²) >= 11 is 0. The molecule has 1 heterocycles. The highest BCUT2D eigenvalue weighted by atomic mass is 16.2. The van der Waals surface area contributed by atoms with Crippen LogP contribution in [-0.2, 0) is 11.2 Å². The third kappa shape index (κ3) is 3.50. The molecule has 2 aromatic carbocycles. The Morgan fingerprint density at radius 2 is 1.73 bits per heavy atom. The molecule has 3 rings (SSSR count). The van der Waals surface area contributed by atoms with Gasteiger partial charge in [0.05, 0.1) is 0 Å². The number of hydrogen-bond donors (Lipinski definition) is 1. The number of rotatable bonds is 4. The Bertz CT molecular complexity index is 728. The highest BCUT2D eigenvalue weighted by molar-refractivity contribution is 6.14. The lowest BCUT2D eigenvalue weighted by Gasteiger charge is -2.02. The van der Waals surface area contributed by atoms with Gasteiger partial charge < -0.3 is 5.32 Å². The average Bonchev–Trinajstić information content (AvgIpc) is 2.88. The zero-order valence-electron chi connectivity index (χ0n) is 12.5. The lowest BCUT2D eigenvalue weighted by molar-refractivity contribution is -0.115. The number of nitrogens with zero attached hydrogens (tertiary/aromatic N) is 1. The number of hydrogen-bond acceptors (Lipinski definition) is 2. The quantitative estimate of drug-likeness (QED) is 0.860. The summed E-state index contributed by atoms with van der Waals surface area (Å²) < 4.78 is 0. The summed E-state index contributed by atoms with van der Waals surface area (Å²) in [7, 11) is 0. The number of amidine groups is 1. The molecule has 1 aliphatic heterocycles. The van der Waals surface area contributed by atoms with Crippen molar-refractivity contribution in [2.75, 3.05) is 0 Å². The summed E-state index contributed by atoms with van der Waals surface area (Å²) in [5.41, 5.74) is 3.97. The summed E-state index contributed by atoms with van der Waals surface area (Å²) in [6, 6.07) is 18.2. The Hall–Kier alpha value is -2.68. The number of aliphatic imine (C=N–C) groups is 1. The summed E-state index contributed by atoms with van der Waals surface area (Å²) in [4.78, 5) is 16.4. The second kappa shape index (κ2) is 6.39. The first-order valence-electron chi connectivity index (χ1n) is 7.42. The van der Waals surface area contributed by atoms with E-state index in [4.69, 9.17) is 0 Å². The van der Waals surface area contributed by atoms with Gasteiger partial charge >= 0.3 is 0 Å². The van der Waals surface area contributed by atoms with Crippen LogP contribution in [0.4, 0.5) is 0 Å². The highest BCUT2D eigenvalue weighted by Gasteiger charge is 2.19. The zero-order valence-corrected chi connectivity index (χ0v) is 12.5. The van der Waals surface area contributed by atoms with Gasteiger partial charge in [-0.2, -0.15) is 0 Å². The molecular weight excluding hydrogens is 272 g/mol. The Kier molecular flexibility index (Phi) is 4.15. The third-order valence-electron chi connectivity index (χ3n) is 3.62. The van der Waals surface area contributed by atoms with Gasteiger partial charge in [-0.15, -0.1) is 0 Å². The van der Waals surface area contributed by atoms with E-state index in [0.29, 0.717) is 5.70 Å². The molecule has 1 aliphatic rings. The fourth-order valence-corrected chi connectivity index (χ4v) is 2.36. The van der Waals surface area contributed by atoms with Crippen LogP contribution in [0.3, 0.4) is 0 Å². The lowest BCUT2D eigenvalue weighted by Crippen LogP contribution is -2.24. The summed E-state index contributed by atoms with van der Waals surface area (Å²) in [6.07, 6.45) is 3.42. The highest BCUT2D eigenvalue weighted by Crippen LogP contribution is 2.14. The molecule has 1 amide bonds. The van der Waals surface area contributed by atoms with Crippen molar-refractivity contribution in [1.29, 1.82) is 0 Å². The summed E-state index contributed by atoms with van der Waals surface area (Å²) in [6.45, 7) is 2.08. The van der Waals surface area contributed by atoms with E-state index in [0.717, 1.165) is 24.2 Å². The Morgan fingerprint density at radius 3 is 2.45 bits per heavy atom. The van der Waals surface area contributed by atoms with Gasteiger partial charge in [-0.3, -0.25) is 4.79 Å². The zero-order chi connectivity index (χ0) is 15.4. The Morgan fingerprint density at radius 1 is 1.00 bits per heavy atom. The molecule has 0 aliphatic carbocycles. The molecule has 0 radical (unpaired) electrons. The van der Waals surface area contributed by atoms with Crippen molar-refractivity contribution < 1.29 is 4.79 Å². The molecule has 1 N–H and O–H groups in total. The lowest BCUT2D eigenvalue weighted by atomic mass is 10.1. The van der Waals surface area contributed by atoms with E-state index in [1.54, 1.807) is 0 Å². The molecule has 3 heteroatoms. The maximum atomic E-state index is 12.0. The monoisotopic (exact) mass is 290 g/mol. The van der Waals surface area contributed by atoms with Crippen molar-refractivity contribution in [3.05, 3.63) is 77.0 Å². The number of nitrogens with one attached hydrogen (secondary N) is 1. The van der Waals surface area contributed by atoms with Crippen LogP contribution >= 0.6 is 0 Å². The van der Waals surface area contributed by atoms with Gasteiger partial charge in [-0.05, 0) is 30.5 Å². The maximum absolute atomic E-state index is 12.0. The fourth-order valence-electron chi connectivity index (χ4n) is 2.36. The van der Waals surface area contributed by atoms with Crippen molar-refractivity contribution in [3.63, 3.8) is 0 Å². The van der Waals surface area contributed by atoms with Crippen LogP contribution in [-0.4, -0.2) is 11.7 Å². The van der Waals surface area contributed by atoms with Gasteiger partial charge in [-0.25, -0.2) is 4.99 Å². The number of carbonyl (C=O) groups excluding carboxylic acids is 1. The molecule has 0 spiro atoms. The van der Waals surface area contributed by atoms with Crippen molar-refractivity contribution in [2.24, 2.45) is 4.99 Å². The first kappa shape index (κ1) is 14.3. The predicted molar refractivity (Wildman–Crippen MR) is 89.5 cm³/mol. The topological polar surface area (TPSA) is 41.5 Å². The maximum Gasteiger partial charge on any atom is 0.275 e. The molecule has 2 aromatic rings. The van der Waals surface area contributed by atoms with Gasteiger partial charge in [0.1, 0.15) is 11.5 Å². The first-order valence-corrected chi connectivity index (χ1v) is 7.42. The molecule has 22 heavy (non-hydrogen) atoms. The van der Waals surface area contributed by atoms with Crippen molar-refractivity contribution in [1.82, 2.24) is 5.32 Å². The molecule has 0 atom stereocenters. The van der Waals surface area contributed by atoms with Crippen LogP contribution < -0.4 is 5.32 Å². The van der Waals surface area contributed by atoms with Crippen LogP contribution in [0.1, 0.15) is 23.1 Å². The van der Waals surface area contributed by atoms with E-state index in [2.05, 4.69) is 41.5 Å². The number of benzene rings is 2. The second-order valence-electron chi connectivity index (χ2n) is 5.44. The summed E-state index contributed by atoms with van der Waals surface area (Å²) in [5.74, 6) is 0.621. The van der Waals surface area contributed by atoms with Gasteiger partial charge in [-0.1, -0.05) is 60.2 Å². The van der Waals surface area contributed by atoms with Crippen molar-refractivity contribution in [2.45, 2.75) is 19.8 Å². The van der Waals surface area contributed by atoms with Crippen LogP contribution in [0.25, 0.3) is 6.08 Å². The minimum absolute atomic E-state index is 0.122. The van der Waals surface area contributed by atoms with E-state index in [-0.39, 0.29) is 5.91 Å². The SMILES string of the molecule is Cc1ccc(CCC2=N/C(=C/c3ccccc3)C(=O)N2)cc1. The Balaban J connectivity index is 1.68. The van der Waals surface area contributed by atoms with Crippen LogP contribution in [0.5, 0.6) is 0 Å². The van der Waals surface area contributed by atoms with E-state index in [1.165, 1.54) is 11.1 Å². The van der Waals surface area contributed by atoms with Crippen LogP contribution in [0.2, 0.25) is 0 Å². The number of carbonyl (C=O) groups is 1. The third-order valence-corrected chi connectivity index (χ3v) is 3.62. The molecule has 0 saturated carbocycles. The van der Waals surface area contributed by atoms with E-state index < -0.39 is 0 Å². The van der Waals surface area contributed by atoms with Gasteiger partial charge in [0.25, 0.3) is 5.91 Å². The van der Waals surface area contributed by atoms with Crippen molar-refractivity contribution in [3.8, 4) is 0 Å². The minimum Gasteiger partial charge on any atom is -0.309 e. The fraction of sp³-hybridized carbons (Fsp3) is 0.158. The predicted octanol–water partition coefficient (Wildman–Crippen LogP) is 3.50. The normalized spacial score (nSPS) is 15.8. The molecule has 3 nitrogen and oxygen atoms in total. The molecule has 0 aromatic heterocycles. The standard InChI is InChI=1S/C19H18N2O/c1-14-7-9-15(10-8-14)11-12-18-20-17(19(22)21-18)13-16-5-3-2-4-6-16/h2-10,13H,11-12H2,1H3,(H,20,21,22)/b17-13+. The number of aryl methyl sites for hydroxylation is 2. The second-order valence-corrected chi connectivity index (χ2v) is 5.44. The minimum atomic E-state index is -0.122. The Labute approximate surface area is 130 Å². The largest absolute Gasteiger partial charge is 0.309 e. The molecule has 0 bridgehead atoms. The molecule has 110 valence electrons. The molecule has 0 saturated heterocycles. The van der Waals surface area contributed by atoms with Crippen LogP contribution in [0, 0.1) is 6.92 Å². The van der Waals surface area contributed by atoms with Crippen molar-refractivity contribution >= 4 is 17.8 Å². The summed E-state index contributed by atoms with van der Waals surface area (Å²) in [5, 5.41) is 2.85. The molecule has 0 fully saturated rings. The first-order chi connectivity index (χ1) is 10.7. The van der Waals surface area contributed by atoms with Gasteiger partial charge in [0.2, 0.25) is 0 Å². The van der Waals surface area contributed by atoms with Gasteiger partial charge in [0, 0.05) is 6.42 Å². The van der Waals surface area contributed by atoms with Gasteiger partial charge in [0.15, 0.2) is 0 Å². The van der Waals surface area contributed by atoms with Crippen LogP contribution in [0.15, 0.2) is 65.3 Å². The number of amides is 1.